The summed E-state index contributed by atoms with van der Waals surface area (Å²) in [6.45, 7) is 3.33. The van der Waals surface area contributed by atoms with Crippen molar-refractivity contribution in [3.05, 3.63) is 22.8 Å². The van der Waals surface area contributed by atoms with Crippen LogP contribution in [0.15, 0.2) is 22.8 Å². The van der Waals surface area contributed by atoms with Gasteiger partial charge in [0, 0.05) is 17.4 Å². The van der Waals surface area contributed by atoms with Crippen LogP contribution in [0.25, 0.3) is 0 Å². The third kappa shape index (κ3) is 1.70. The average Bonchev–Trinajstić information content (AvgIpc) is 2.83. The lowest BCUT2D eigenvalue weighted by Gasteiger charge is -2.27. The number of ether oxygens (including phenoxy) is 1. The van der Waals surface area contributed by atoms with Crippen LogP contribution in [0.5, 0.6) is 0 Å². The number of aliphatic hydroxyl groups excluding tert-OH is 2. The molecule has 5 atom stereocenters. The number of ketones is 1. The minimum absolute atomic E-state index is 0.139. The van der Waals surface area contributed by atoms with E-state index in [9.17, 15) is 19.8 Å². The fourth-order valence-corrected chi connectivity index (χ4v) is 3.83. The third-order valence-electron chi connectivity index (χ3n) is 4.80. The van der Waals surface area contributed by atoms with E-state index in [1.807, 2.05) is 6.92 Å². The van der Waals surface area contributed by atoms with E-state index < -0.39 is 24.0 Å². The number of hydrogen-bond donors (Lipinski definition) is 2. The predicted octanol–water partition coefficient (Wildman–Crippen LogP) is 0.363. The molecular weight excluding hydrogens is 260 g/mol. The van der Waals surface area contributed by atoms with Gasteiger partial charge in [-0.15, -0.1) is 0 Å². The Morgan fingerprint density at radius 3 is 2.75 bits per heavy atom. The summed E-state index contributed by atoms with van der Waals surface area (Å²) in [6.07, 6.45) is 0.554. The molecule has 0 spiro atoms. The lowest BCUT2D eigenvalue weighted by atomic mass is 9.79. The highest BCUT2D eigenvalue weighted by Gasteiger charge is 2.54. The van der Waals surface area contributed by atoms with Crippen molar-refractivity contribution < 1.29 is 24.5 Å². The minimum Gasteiger partial charge on any atom is -0.461 e. The molecule has 0 bridgehead atoms. The number of carbonyl (C=O) groups is 2. The summed E-state index contributed by atoms with van der Waals surface area (Å²) in [6, 6.07) is 0. The van der Waals surface area contributed by atoms with Crippen LogP contribution in [0, 0.1) is 17.8 Å². The summed E-state index contributed by atoms with van der Waals surface area (Å²) >= 11 is 0. The van der Waals surface area contributed by atoms with E-state index in [0.717, 1.165) is 5.57 Å². The van der Waals surface area contributed by atoms with Gasteiger partial charge < -0.3 is 14.9 Å². The molecule has 0 amide bonds. The Morgan fingerprint density at radius 1 is 1.40 bits per heavy atom. The molecule has 3 rings (SSSR count). The van der Waals surface area contributed by atoms with Crippen molar-refractivity contribution >= 4 is 11.8 Å². The zero-order chi connectivity index (χ0) is 14.6. The Morgan fingerprint density at radius 2 is 2.10 bits per heavy atom. The van der Waals surface area contributed by atoms with Gasteiger partial charge in [-0.25, -0.2) is 0 Å². The lowest BCUT2D eigenvalue weighted by molar-refractivity contribution is -0.145. The van der Waals surface area contributed by atoms with Crippen LogP contribution in [-0.2, 0) is 14.3 Å². The first-order valence-corrected chi connectivity index (χ1v) is 6.89. The Balaban J connectivity index is 2.11. The number of hydrogen-bond acceptors (Lipinski definition) is 5. The molecule has 0 aromatic carbocycles. The monoisotopic (exact) mass is 278 g/mol. The molecule has 2 N–H and O–H groups in total. The van der Waals surface area contributed by atoms with E-state index in [1.165, 1.54) is 6.08 Å². The molecule has 20 heavy (non-hydrogen) atoms. The topological polar surface area (TPSA) is 83.8 Å². The Labute approximate surface area is 116 Å². The summed E-state index contributed by atoms with van der Waals surface area (Å²) in [5, 5.41) is 19.8. The minimum atomic E-state index is -0.702. The number of allylic oxidation sites excluding steroid dienone is 1. The molecule has 108 valence electrons. The maximum Gasteiger partial charge on any atom is 0.309 e. The molecule has 0 aromatic rings. The first kappa shape index (κ1) is 13.5. The molecule has 0 saturated carbocycles. The Kier molecular flexibility index (Phi) is 3.06. The first-order chi connectivity index (χ1) is 9.45. The van der Waals surface area contributed by atoms with Crippen LogP contribution in [-0.4, -0.2) is 40.8 Å². The number of rotatable bonds is 1. The molecule has 2 aliphatic carbocycles. The highest BCUT2D eigenvalue weighted by Crippen LogP contribution is 2.47. The van der Waals surface area contributed by atoms with Gasteiger partial charge in [0.25, 0.3) is 0 Å². The molecule has 0 aromatic heterocycles. The number of aliphatic hydroxyl groups is 2. The highest BCUT2D eigenvalue weighted by molar-refractivity contribution is 6.09. The normalized spacial score (nSPS) is 40.2. The second-order valence-corrected chi connectivity index (χ2v) is 5.95. The fraction of sp³-hybridized carbons (Fsp3) is 0.600. The van der Waals surface area contributed by atoms with Gasteiger partial charge in [-0.3, -0.25) is 9.59 Å². The standard InChI is InChI=1S/C15H18O5/c1-6-3-9(17)12-7(2)15(19)20-14(12)13-8(5-16)4-10(18)11(6)13/h4,7,9,12-14,16-17H,3,5H2,1-2H3/t7-,9-,12+,13-,14-/m0/s1. The van der Waals surface area contributed by atoms with Gasteiger partial charge in [0.15, 0.2) is 5.78 Å². The van der Waals surface area contributed by atoms with Crippen LogP contribution >= 0.6 is 0 Å². The second-order valence-electron chi connectivity index (χ2n) is 5.95. The second kappa shape index (κ2) is 4.53. The maximum absolute atomic E-state index is 12.1. The molecule has 0 unspecified atom stereocenters. The van der Waals surface area contributed by atoms with Crippen molar-refractivity contribution in [1.82, 2.24) is 0 Å². The number of esters is 1. The molecule has 0 radical (unpaired) electrons. The van der Waals surface area contributed by atoms with E-state index in [0.29, 0.717) is 17.6 Å². The van der Waals surface area contributed by atoms with Crippen molar-refractivity contribution in [2.45, 2.75) is 32.5 Å². The Hall–Kier alpha value is -1.46. The van der Waals surface area contributed by atoms with Crippen molar-refractivity contribution in [2.24, 2.45) is 17.8 Å². The van der Waals surface area contributed by atoms with Crippen LogP contribution in [0.1, 0.15) is 20.3 Å². The van der Waals surface area contributed by atoms with E-state index in [4.69, 9.17) is 4.74 Å². The third-order valence-corrected chi connectivity index (χ3v) is 4.80. The summed E-state index contributed by atoms with van der Waals surface area (Å²) in [4.78, 5) is 24.0. The summed E-state index contributed by atoms with van der Waals surface area (Å²) in [7, 11) is 0. The molecular formula is C15H18O5. The molecule has 1 aliphatic heterocycles. The van der Waals surface area contributed by atoms with Gasteiger partial charge in [-0.2, -0.15) is 0 Å². The number of fused-ring (bicyclic) bond motifs is 3. The largest absolute Gasteiger partial charge is 0.461 e. The van der Waals surface area contributed by atoms with Gasteiger partial charge in [-0.1, -0.05) is 12.5 Å². The predicted molar refractivity (Wildman–Crippen MR) is 69.5 cm³/mol. The zero-order valence-electron chi connectivity index (χ0n) is 11.5. The van der Waals surface area contributed by atoms with Crippen molar-refractivity contribution in [1.29, 1.82) is 0 Å². The van der Waals surface area contributed by atoms with Crippen molar-refractivity contribution in [3.63, 3.8) is 0 Å². The SMILES string of the molecule is CC1=C2C(=O)C=C(CO)[C@@H]2[C@H]2OC(=O)[C@@H](C)[C@@H]2[C@@H](O)C1. The number of carbonyl (C=O) groups excluding carboxylic acids is 2. The van der Waals surface area contributed by atoms with Gasteiger partial charge in [0.1, 0.15) is 6.10 Å². The quantitative estimate of drug-likeness (QED) is 0.677. The van der Waals surface area contributed by atoms with E-state index >= 15 is 0 Å². The van der Waals surface area contributed by atoms with Crippen molar-refractivity contribution in [2.75, 3.05) is 6.61 Å². The van der Waals surface area contributed by atoms with E-state index in [1.54, 1.807) is 6.92 Å². The zero-order valence-corrected chi connectivity index (χ0v) is 11.5. The van der Waals surface area contributed by atoms with Crippen molar-refractivity contribution in [3.8, 4) is 0 Å². The van der Waals surface area contributed by atoms with Crippen LogP contribution < -0.4 is 0 Å². The van der Waals surface area contributed by atoms with Gasteiger partial charge in [-0.05, 0) is 25.0 Å². The van der Waals surface area contributed by atoms with Gasteiger partial charge >= 0.3 is 5.97 Å². The first-order valence-electron chi connectivity index (χ1n) is 6.89. The average molecular weight is 278 g/mol. The fourth-order valence-electron chi connectivity index (χ4n) is 3.83. The molecule has 5 nitrogen and oxygen atoms in total. The molecule has 1 saturated heterocycles. The van der Waals surface area contributed by atoms with Gasteiger partial charge in [0.2, 0.25) is 0 Å². The van der Waals surface area contributed by atoms with E-state index in [-0.39, 0.29) is 24.3 Å². The van der Waals surface area contributed by atoms with Crippen LogP contribution in [0.4, 0.5) is 0 Å². The van der Waals surface area contributed by atoms with Gasteiger partial charge in [0.05, 0.1) is 18.6 Å². The Bertz CT molecular complexity index is 544. The summed E-state index contributed by atoms with van der Waals surface area (Å²) in [5.74, 6) is -1.60. The molecule has 1 fully saturated rings. The van der Waals surface area contributed by atoms with E-state index in [2.05, 4.69) is 0 Å². The smallest absolute Gasteiger partial charge is 0.309 e. The lowest BCUT2D eigenvalue weighted by Crippen LogP contribution is -2.35. The van der Waals surface area contributed by atoms with Crippen LogP contribution in [0.2, 0.25) is 0 Å². The molecule has 5 heteroatoms. The molecule has 1 heterocycles. The van der Waals surface area contributed by atoms with Crippen LogP contribution in [0.3, 0.4) is 0 Å². The summed E-state index contributed by atoms with van der Waals surface area (Å²) < 4.78 is 5.43. The maximum atomic E-state index is 12.1. The highest BCUT2D eigenvalue weighted by atomic mass is 16.6. The summed E-state index contributed by atoms with van der Waals surface area (Å²) in [5.41, 5.74) is 1.99. The molecule has 3 aliphatic rings.